The lowest BCUT2D eigenvalue weighted by atomic mass is 10.1. The third kappa shape index (κ3) is 4.99. The number of sulfonamides is 1. The Bertz CT molecular complexity index is 1160. The fourth-order valence-electron chi connectivity index (χ4n) is 3.73. The van der Waals surface area contributed by atoms with E-state index < -0.39 is 15.8 Å². The van der Waals surface area contributed by atoms with E-state index in [0.29, 0.717) is 11.4 Å². The van der Waals surface area contributed by atoms with Crippen molar-refractivity contribution in [3.05, 3.63) is 60.4 Å². The minimum atomic E-state index is -4.03. The van der Waals surface area contributed by atoms with Crippen LogP contribution in [0.3, 0.4) is 0 Å². The molecular weight excluding hydrogens is 431 g/mol. The standard InChI is InChI=1S/C23H25FN4O3S/c1-31-21-12-8-18(24)16-22(21)32(29,30)27-19-9-6-17(7-10-19)20-11-13-23(26-25-20)28-14-4-2-3-5-15-28/h6-13,16,27H,2-5,14-15H2,1H3. The van der Waals surface area contributed by atoms with E-state index in [9.17, 15) is 12.8 Å². The molecule has 4 rings (SSSR count). The lowest BCUT2D eigenvalue weighted by molar-refractivity contribution is 0.401. The van der Waals surface area contributed by atoms with Gasteiger partial charge in [-0.3, -0.25) is 4.72 Å². The van der Waals surface area contributed by atoms with Gasteiger partial charge in [0.2, 0.25) is 0 Å². The average molecular weight is 457 g/mol. The van der Waals surface area contributed by atoms with Crippen LogP contribution >= 0.6 is 0 Å². The highest BCUT2D eigenvalue weighted by Crippen LogP contribution is 2.28. The van der Waals surface area contributed by atoms with Crippen molar-refractivity contribution in [2.24, 2.45) is 0 Å². The van der Waals surface area contributed by atoms with E-state index >= 15 is 0 Å². The Balaban J connectivity index is 1.49. The fraction of sp³-hybridized carbons (Fsp3) is 0.304. The summed E-state index contributed by atoms with van der Waals surface area (Å²) in [6.45, 7) is 2.00. The number of hydrogen-bond donors (Lipinski definition) is 1. The Hall–Kier alpha value is -3.20. The maximum absolute atomic E-state index is 13.6. The Morgan fingerprint density at radius 2 is 1.66 bits per heavy atom. The predicted octanol–water partition coefficient (Wildman–Crippen LogP) is 4.47. The highest BCUT2D eigenvalue weighted by molar-refractivity contribution is 7.92. The first-order valence-corrected chi connectivity index (χ1v) is 12.0. The van der Waals surface area contributed by atoms with Crippen molar-refractivity contribution in [1.82, 2.24) is 10.2 Å². The van der Waals surface area contributed by atoms with Crippen LogP contribution in [-0.2, 0) is 10.0 Å². The molecule has 0 bridgehead atoms. The van der Waals surface area contributed by atoms with Gasteiger partial charge in [0.05, 0.1) is 12.8 Å². The van der Waals surface area contributed by atoms with Crippen molar-refractivity contribution in [2.45, 2.75) is 30.6 Å². The average Bonchev–Trinajstić information content (AvgIpc) is 3.09. The van der Waals surface area contributed by atoms with Crippen LogP contribution in [0.15, 0.2) is 59.5 Å². The van der Waals surface area contributed by atoms with E-state index in [4.69, 9.17) is 4.74 Å². The first-order chi connectivity index (χ1) is 15.5. The maximum atomic E-state index is 13.6. The van der Waals surface area contributed by atoms with Crippen molar-refractivity contribution in [1.29, 1.82) is 0 Å². The summed E-state index contributed by atoms with van der Waals surface area (Å²) in [6.07, 6.45) is 4.85. The number of benzene rings is 2. The Kier molecular flexibility index (Phi) is 6.55. The maximum Gasteiger partial charge on any atom is 0.265 e. The lowest BCUT2D eigenvalue weighted by Gasteiger charge is -2.20. The number of methoxy groups -OCH3 is 1. The Morgan fingerprint density at radius 3 is 2.28 bits per heavy atom. The number of anilines is 2. The van der Waals surface area contributed by atoms with Gasteiger partial charge in [-0.05, 0) is 55.3 Å². The SMILES string of the molecule is COc1ccc(F)cc1S(=O)(=O)Nc1ccc(-c2ccc(N3CCCCCC3)nn2)cc1. The number of nitrogens with zero attached hydrogens (tertiary/aromatic N) is 3. The van der Waals surface area contributed by atoms with Crippen molar-refractivity contribution in [3.63, 3.8) is 0 Å². The van der Waals surface area contributed by atoms with Gasteiger partial charge in [0, 0.05) is 24.3 Å². The van der Waals surface area contributed by atoms with Gasteiger partial charge in [0.1, 0.15) is 16.5 Å². The molecule has 0 atom stereocenters. The molecule has 2 heterocycles. The number of rotatable bonds is 6. The molecule has 1 saturated heterocycles. The molecule has 32 heavy (non-hydrogen) atoms. The van der Waals surface area contributed by atoms with Crippen molar-refractivity contribution >= 4 is 21.5 Å². The lowest BCUT2D eigenvalue weighted by Crippen LogP contribution is -2.25. The number of hydrogen-bond acceptors (Lipinski definition) is 6. The summed E-state index contributed by atoms with van der Waals surface area (Å²) in [6, 6.07) is 14.0. The first kappa shape index (κ1) is 22.0. The highest BCUT2D eigenvalue weighted by atomic mass is 32.2. The molecule has 0 unspecified atom stereocenters. The van der Waals surface area contributed by atoms with Crippen LogP contribution in [0.5, 0.6) is 5.75 Å². The Labute approximate surface area is 187 Å². The van der Waals surface area contributed by atoms with E-state index in [1.807, 2.05) is 12.1 Å². The van der Waals surface area contributed by atoms with Crippen LogP contribution in [0, 0.1) is 5.82 Å². The van der Waals surface area contributed by atoms with E-state index in [2.05, 4.69) is 19.8 Å². The summed E-state index contributed by atoms with van der Waals surface area (Å²) in [7, 11) is -2.69. The third-order valence-corrected chi connectivity index (χ3v) is 6.83. The molecule has 2 aromatic carbocycles. The van der Waals surface area contributed by atoms with Gasteiger partial charge >= 0.3 is 0 Å². The van der Waals surface area contributed by atoms with Gasteiger partial charge in [-0.15, -0.1) is 10.2 Å². The number of ether oxygens (including phenoxy) is 1. The first-order valence-electron chi connectivity index (χ1n) is 10.5. The van der Waals surface area contributed by atoms with E-state index in [1.54, 1.807) is 24.3 Å². The second-order valence-electron chi connectivity index (χ2n) is 7.66. The minimum absolute atomic E-state index is 0.0651. The molecule has 168 valence electrons. The smallest absolute Gasteiger partial charge is 0.265 e. The van der Waals surface area contributed by atoms with Crippen LogP contribution in [-0.4, -0.2) is 38.8 Å². The molecule has 0 amide bonds. The topological polar surface area (TPSA) is 84.4 Å². The highest BCUT2D eigenvalue weighted by Gasteiger charge is 2.21. The summed E-state index contributed by atoms with van der Waals surface area (Å²) in [5.74, 6) is 0.281. The number of halogens is 1. The summed E-state index contributed by atoms with van der Waals surface area (Å²) in [4.78, 5) is 2.00. The summed E-state index contributed by atoms with van der Waals surface area (Å²) in [5.41, 5.74) is 1.85. The van der Waals surface area contributed by atoms with Gasteiger partial charge < -0.3 is 9.64 Å². The van der Waals surface area contributed by atoms with Crippen LogP contribution in [0.1, 0.15) is 25.7 Å². The van der Waals surface area contributed by atoms with Crippen molar-refractivity contribution in [3.8, 4) is 17.0 Å². The predicted molar refractivity (Wildman–Crippen MR) is 122 cm³/mol. The minimum Gasteiger partial charge on any atom is -0.495 e. The fourth-order valence-corrected chi connectivity index (χ4v) is 4.97. The molecular formula is C23H25FN4O3S. The molecule has 1 aromatic heterocycles. The number of nitrogens with one attached hydrogen (secondary N) is 1. The van der Waals surface area contributed by atoms with Crippen LogP contribution in [0.25, 0.3) is 11.3 Å². The molecule has 0 spiro atoms. The molecule has 1 aliphatic rings. The third-order valence-electron chi connectivity index (χ3n) is 5.43. The van der Waals surface area contributed by atoms with Crippen LogP contribution in [0.2, 0.25) is 0 Å². The zero-order valence-corrected chi connectivity index (χ0v) is 18.6. The second kappa shape index (κ2) is 9.52. The summed E-state index contributed by atoms with van der Waals surface area (Å²) in [5, 5.41) is 8.73. The van der Waals surface area contributed by atoms with E-state index in [0.717, 1.165) is 36.6 Å². The van der Waals surface area contributed by atoms with Gasteiger partial charge in [0.15, 0.2) is 5.82 Å². The molecule has 9 heteroatoms. The van der Waals surface area contributed by atoms with Crippen molar-refractivity contribution < 1.29 is 17.5 Å². The van der Waals surface area contributed by atoms with Gasteiger partial charge in [-0.25, -0.2) is 12.8 Å². The van der Waals surface area contributed by atoms with Crippen LogP contribution in [0.4, 0.5) is 15.9 Å². The zero-order chi connectivity index (χ0) is 22.6. The van der Waals surface area contributed by atoms with Gasteiger partial charge in [0.25, 0.3) is 10.0 Å². The summed E-state index contributed by atoms with van der Waals surface area (Å²) >= 11 is 0. The monoisotopic (exact) mass is 456 g/mol. The second-order valence-corrected chi connectivity index (χ2v) is 9.31. The molecule has 3 aromatic rings. The quantitative estimate of drug-likeness (QED) is 0.589. The largest absolute Gasteiger partial charge is 0.495 e. The normalized spacial score (nSPS) is 14.6. The zero-order valence-electron chi connectivity index (χ0n) is 17.8. The molecule has 0 radical (unpaired) electrons. The molecule has 0 saturated carbocycles. The van der Waals surface area contributed by atoms with Crippen LogP contribution < -0.4 is 14.4 Å². The molecule has 1 aliphatic heterocycles. The Morgan fingerprint density at radius 1 is 0.938 bits per heavy atom. The van der Waals surface area contributed by atoms with E-state index in [1.165, 1.54) is 38.9 Å². The van der Waals surface area contributed by atoms with E-state index in [-0.39, 0.29) is 10.6 Å². The molecule has 1 N–H and O–H groups in total. The molecule has 1 fully saturated rings. The summed E-state index contributed by atoms with van der Waals surface area (Å²) < 4.78 is 46.5. The van der Waals surface area contributed by atoms with Gasteiger partial charge in [-0.2, -0.15) is 0 Å². The van der Waals surface area contributed by atoms with Crippen molar-refractivity contribution in [2.75, 3.05) is 29.8 Å². The number of aromatic nitrogens is 2. The molecule has 7 nitrogen and oxygen atoms in total. The van der Waals surface area contributed by atoms with Gasteiger partial charge in [-0.1, -0.05) is 25.0 Å². The molecule has 0 aliphatic carbocycles.